The molecule has 1 aliphatic rings. The van der Waals surface area contributed by atoms with Crippen molar-refractivity contribution in [2.45, 2.75) is 24.7 Å². The van der Waals surface area contributed by atoms with E-state index < -0.39 is 15.1 Å². The van der Waals surface area contributed by atoms with Crippen molar-refractivity contribution in [3.63, 3.8) is 0 Å². The second-order valence-corrected chi connectivity index (χ2v) is 5.21. The van der Waals surface area contributed by atoms with Crippen molar-refractivity contribution < 1.29 is 17.7 Å². The molecule has 0 aromatic rings. The molecule has 0 aromatic heterocycles. The molecule has 0 fully saturated rings. The van der Waals surface area contributed by atoms with Crippen molar-refractivity contribution in [2.24, 2.45) is 5.73 Å². The first-order valence-electron chi connectivity index (χ1n) is 4.67. The van der Waals surface area contributed by atoms with Gasteiger partial charge in [-0.25, -0.2) is 0 Å². The van der Waals surface area contributed by atoms with E-state index in [0.29, 0.717) is 12.1 Å². The molecule has 0 spiro atoms. The molecule has 0 saturated heterocycles. The van der Waals surface area contributed by atoms with Gasteiger partial charge in [0.15, 0.2) is 0 Å². The molecule has 86 valence electrons. The van der Waals surface area contributed by atoms with Crippen LogP contribution < -0.4 is 5.73 Å². The zero-order valence-electron chi connectivity index (χ0n) is 8.51. The Balaban J connectivity index is 2.84. The van der Waals surface area contributed by atoms with Crippen LogP contribution in [0.4, 0.5) is 0 Å². The fourth-order valence-electron chi connectivity index (χ4n) is 1.11. The van der Waals surface area contributed by atoms with Crippen molar-refractivity contribution in [2.75, 3.05) is 6.61 Å². The average Bonchev–Trinajstić information content (AvgIpc) is 2.19. The van der Waals surface area contributed by atoms with Crippen molar-refractivity contribution in [3.8, 4) is 0 Å². The van der Waals surface area contributed by atoms with Crippen LogP contribution in [-0.4, -0.2) is 25.1 Å². The fraction of sp³-hybridized carbons (Fsp3) is 0.556. The van der Waals surface area contributed by atoms with Crippen molar-refractivity contribution in [1.82, 2.24) is 0 Å². The number of hydrogen-bond acceptors (Lipinski definition) is 5. The van der Waals surface area contributed by atoms with Gasteiger partial charge < -0.3 is 10.8 Å². The largest absolute Gasteiger partial charge is 0.399 e. The summed E-state index contributed by atoms with van der Waals surface area (Å²) in [7, 11) is -4.00. The predicted molar refractivity (Wildman–Crippen MR) is 56.1 cm³/mol. The van der Waals surface area contributed by atoms with Crippen molar-refractivity contribution in [3.05, 3.63) is 23.9 Å². The topological polar surface area (TPSA) is 89.6 Å². The summed E-state index contributed by atoms with van der Waals surface area (Å²) in [6.07, 6.45) is 4.44. The fourth-order valence-corrected chi connectivity index (χ4v) is 2.22. The monoisotopic (exact) mass is 233 g/mol. The normalized spacial score (nSPS) is 26.4. The van der Waals surface area contributed by atoms with Gasteiger partial charge in [-0.2, -0.15) is 8.42 Å². The van der Waals surface area contributed by atoms with E-state index in [1.54, 1.807) is 6.92 Å². The SMILES string of the molecule is CCCOS(=O)(=O)C1(O)C=CC(N)=CC1. The number of hydrogen-bond donors (Lipinski definition) is 2. The molecule has 15 heavy (non-hydrogen) atoms. The maximum Gasteiger partial charge on any atom is 0.301 e. The van der Waals surface area contributed by atoms with E-state index in [1.165, 1.54) is 12.2 Å². The van der Waals surface area contributed by atoms with E-state index in [2.05, 4.69) is 4.18 Å². The minimum Gasteiger partial charge on any atom is -0.399 e. The Morgan fingerprint density at radius 3 is 2.80 bits per heavy atom. The first kappa shape index (κ1) is 12.2. The van der Waals surface area contributed by atoms with Gasteiger partial charge in [-0.15, -0.1) is 0 Å². The van der Waals surface area contributed by atoms with Crippen molar-refractivity contribution in [1.29, 1.82) is 0 Å². The highest BCUT2D eigenvalue weighted by Crippen LogP contribution is 2.26. The zero-order valence-corrected chi connectivity index (χ0v) is 9.33. The minimum atomic E-state index is -4.00. The van der Waals surface area contributed by atoms with Crippen LogP contribution in [0.5, 0.6) is 0 Å². The van der Waals surface area contributed by atoms with Crippen molar-refractivity contribution >= 4 is 10.1 Å². The molecule has 1 unspecified atom stereocenters. The minimum absolute atomic E-state index is 0.0671. The van der Waals surface area contributed by atoms with Gasteiger partial charge >= 0.3 is 10.1 Å². The Hall–Kier alpha value is -0.850. The van der Waals surface area contributed by atoms with E-state index >= 15 is 0 Å². The molecule has 1 aliphatic carbocycles. The van der Waals surface area contributed by atoms with E-state index in [0.717, 1.165) is 6.08 Å². The third kappa shape index (κ3) is 2.58. The van der Waals surface area contributed by atoms with E-state index in [-0.39, 0.29) is 13.0 Å². The van der Waals surface area contributed by atoms with Gasteiger partial charge in [0.25, 0.3) is 0 Å². The van der Waals surface area contributed by atoms with Gasteiger partial charge in [0.2, 0.25) is 4.93 Å². The molecule has 3 N–H and O–H groups in total. The molecule has 6 heteroatoms. The summed E-state index contributed by atoms with van der Waals surface area (Å²) in [5.74, 6) is 0. The zero-order chi connectivity index (χ0) is 11.5. The van der Waals surface area contributed by atoms with Crippen LogP contribution in [0.1, 0.15) is 19.8 Å². The van der Waals surface area contributed by atoms with Crippen LogP contribution in [0.15, 0.2) is 23.9 Å². The molecule has 1 atom stereocenters. The lowest BCUT2D eigenvalue weighted by atomic mass is 10.1. The molecular formula is C9H15NO4S. The predicted octanol–water partition coefficient (Wildman–Crippen LogP) is 0.234. The maximum absolute atomic E-state index is 11.6. The Bertz CT molecular complexity index is 385. The molecule has 1 rings (SSSR count). The van der Waals surface area contributed by atoms with E-state index in [1.807, 2.05) is 0 Å². The van der Waals surface area contributed by atoms with Crippen LogP contribution in [-0.2, 0) is 14.3 Å². The number of rotatable bonds is 4. The quantitative estimate of drug-likeness (QED) is 0.679. The first-order valence-corrected chi connectivity index (χ1v) is 6.08. The molecule has 0 saturated carbocycles. The second kappa shape index (κ2) is 4.34. The molecular weight excluding hydrogens is 218 g/mol. The molecule has 5 nitrogen and oxygen atoms in total. The summed E-state index contributed by atoms with van der Waals surface area (Å²) in [5.41, 5.74) is 5.86. The van der Waals surface area contributed by atoms with Crippen LogP contribution in [0, 0.1) is 0 Å². The highest BCUT2D eigenvalue weighted by Gasteiger charge is 2.40. The summed E-state index contributed by atoms with van der Waals surface area (Å²) in [4.78, 5) is -1.98. The number of allylic oxidation sites excluding steroid dienone is 1. The second-order valence-electron chi connectivity index (χ2n) is 3.36. The Morgan fingerprint density at radius 1 is 1.67 bits per heavy atom. The first-order chi connectivity index (χ1) is 6.91. The molecule has 0 aromatic carbocycles. The lowest BCUT2D eigenvalue weighted by molar-refractivity contribution is 0.150. The maximum atomic E-state index is 11.6. The van der Waals surface area contributed by atoms with Gasteiger partial charge in [-0.3, -0.25) is 4.18 Å². The molecule has 0 bridgehead atoms. The standard InChI is InChI=1S/C9H15NO4S/c1-2-7-14-15(12,13)9(11)5-3-8(10)4-6-9/h3-5,11H,2,6-7,10H2,1H3. The highest BCUT2D eigenvalue weighted by molar-refractivity contribution is 7.88. The summed E-state index contributed by atoms with van der Waals surface area (Å²) in [6, 6.07) is 0. The summed E-state index contributed by atoms with van der Waals surface area (Å²) >= 11 is 0. The Labute approximate surface area is 89.4 Å². The third-order valence-corrected chi connectivity index (χ3v) is 3.69. The highest BCUT2D eigenvalue weighted by atomic mass is 32.2. The van der Waals surface area contributed by atoms with Gasteiger partial charge in [0, 0.05) is 12.1 Å². The van der Waals surface area contributed by atoms with E-state index in [4.69, 9.17) is 5.73 Å². The Kier molecular flexibility index (Phi) is 3.54. The number of nitrogens with two attached hydrogens (primary N) is 1. The summed E-state index contributed by atoms with van der Waals surface area (Å²) in [6.45, 7) is 1.85. The van der Waals surface area contributed by atoms with Gasteiger partial charge in [0.1, 0.15) is 0 Å². The third-order valence-electron chi connectivity index (χ3n) is 2.04. The van der Waals surface area contributed by atoms with Crippen LogP contribution in [0.2, 0.25) is 0 Å². The van der Waals surface area contributed by atoms with Crippen LogP contribution in [0.25, 0.3) is 0 Å². The van der Waals surface area contributed by atoms with Gasteiger partial charge in [-0.1, -0.05) is 13.0 Å². The molecule has 0 amide bonds. The molecule has 0 heterocycles. The smallest absolute Gasteiger partial charge is 0.301 e. The summed E-state index contributed by atoms with van der Waals surface area (Å²) < 4.78 is 27.8. The van der Waals surface area contributed by atoms with Gasteiger partial charge in [0.05, 0.1) is 6.61 Å². The van der Waals surface area contributed by atoms with E-state index in [9.17, 15) is 13.5 Å². The molecule has 0 radical (unpaired) electrons. The van der Waals surface area contributed by atoms with Crippen LogP contribution >= 0.6 is 0 Å². The molecule has 0 aliphatic heterocycles. The van der Waals surface area contributed by atoms with Crippen LogP contribution in [0.3, 0.4) is 0 Å². The summed E-state index contributed by atoms with van der Waals surface area (Å²) in [5, 5.41) is 9.84. The lowest BCUT2D eigenvalue weighted by Crippen LogP contribution is -2.39. The average molecular weight is 233 g/mol. The Morgan fingerprint density at radius 2 is 2.33 bits per heavy atom. The number of aliphatic hydroxyl groups is 1. The lowest BCUT2D eigenvalue weighted by Gasteiger charge is -2.24. The van der Waals surface area contributed by atoms with Gasteiger partial charge in [-0.05, 0) is 18.6 Å².